The van der Waals surface area contributed by atoms with Gasteiger partial charge in [0, 0.05) is 12.6 Å². The molecule has 92 valence electrons. The van der Waals surface area contributed by atoms with Crippen molar-refractivity contribution in [1.82, 2.24) is 0 Å². The van der Waals surface area contributed by atoms with E-state index in [0.717, 1.165) is 12.8 Å². The van der Waals surface area contributed by atoms with Gasteiger partial charge in [0.1, 0.15) is 6.61 Å². The molecule has 1 atom stereocenters. The Labute approximate surface area is 89.0 Å². The molecule has 0 heterocycles. The van der Waals surface area contributed by atoms with Crippen LogP contribution in [-0.4, -0.2) is 25.4 Å². The first-order valence-electron chi connectivity index (χ1n) is 5.21. The van der Waals surface area contributed by atoms with E-state index in [-0.39, 0.29) is 12.6 Å². The van der Waals surface area contributed by atoms with Crippen LogP contribution in [0.4, 0.5) is 13.2 Å². The summed E-state index contributed by atoms with van der Waals surface area (Å²) < 4.78 is 39.5. The van der Waals surface area contributed by atoms with Crippen LogP contribution >= 0.6 is 0 Å². The van der Waals surface area contributed by atoms with Gasteiger partial charge in [-0.3, -0.25) is 0 Å². The third kappa shape index (κ3) is 11.6. The van der Waals surface area contributed by atoms with Crippen LogP contribution in [0.1, 0.15) is 33.1 Å². The van der Waals surface area contributed by atoms with E-state index < -0.39 is 12.8 Å². The quantitative estimate of drug-likeness (QED) is 0.679. The lowest BCUT2D eigenvalue weighted by Gasteiger charge is -2.14. The lowest BCUT2D eigenvalue weighted by atomic mass is 10.0. The summed E-state index contributed by atoms with van der Waals surface area (Å²) in [6.45, 7) is 3.11. The molecular formula is C10H20F3NO. The monoisotopic (exact) mass is 227 g/mol. The molecule has 0 aromatic carbocycles. The second-order valence-electron chi connectivity index (χ2n) is 4.20. The molecule has 0 rings (SSSR count). The van der Waals surface area contributed by atoms with Crippen LogP contribution in [0.3, 0.4) is 0 Å². The van der Waals surface area contributed by atoms with Crippen LogP contribution in [0.25, 0.3) is 0 Å². The molecule has 0 aliphatic heterocycles. The Morgan fingerprint density at radius 3 is 2.33 bits per heavy atom. The highest BCUT2D eigenvalue weighted by Gasteiger charge is 2.27. The Morgan fingerprint density at radius 1 is 1.27 bits per heavy atom. The molecule has 0 bridgehead atoms. The Bertz CT molecular complexity index is 159. The molecule has 0 saturated carbocycles. The zero-order valence-electron chi connectivity index (χ0n) is 9.31. The highest BCUT2D eigenvalue weighted by atomic mass is 19.4. The molecule has 1 unspecified atom stereocenters. The lowest BCUT2D eigenvalue weighted by molar-refractivity contribution is -0.174. The van der Waals surface area contributed by atoms with Crippen molar-refractivity contribution in [3.8, 4) is 0 Å². The van der Waals surface area contributed by atoms with Gasteiger partial charge in [-0.25, -0.2) is 0 Å². The SMILES string of the molecule is CC(C)CC(N)CCCOCC(F)(F)F. The zero-order valence-corrected chi connectivity index (χ0v) is 9.31. The second kappa shape index (κ2) is 7.06. The van der Waals surface area contributed by atoms with Gasteiger partial charge in [-0.05, 0) is 25.2 Å². The van der Waals surface area contributed by atoms with Gasteiger partial charge >= 0.3 is 6.18 Å². The van der Waals surface area contributed by atoms with Gasteiger partial charge in [0.25, 0.3) is 0 Å². The van der Waals surface area contributed by atoms with Gasteiger partial charge in [-0.2, -0.15) is 13.2 Å². The summed E-state index contributed by atoms with van der Waals surface area (Å²) in [6, 6.07) is 0.0690. The smallest absolute Gasteiger partial charge is 0.372 e. The average molecular weight is 227 g/mol. The minimum atomic E-state index is -4.22. The third-order valence-electron chi connectivity index (χ3n) is 1.90. The van der Waals surface area contributed by atoms with Crippen LogP contribution in [-0.2, 0) is 4.74 Å². The number of alkyl halides is 3. The van der Waals surface area contributed by atoms with Gasteiger partial charge in [-0.15, -0.1) is 0 Å². The van der Waals surface area contributed by atoms with E-state index in [1.54, 1.807) is 0 Å². The first kappa shape index (κ1) is 14.7. The predicted octanol–water partition coefficient (Wildman–Crippen LogP) is 2.72. The second-order valence-corrected chi connectivity index (χ2v) is 4.20. The lowest BCUT2D eigenvalue weighted by Crippen LogP contribution is -2.23. The zero-order chi connectivity index (χ0) is 11.9. The fraction of sp³-hybridized carbons (Fsp3) is 1.00. The molecule has 2 N–H and O–H groups in total. The van der Waals surface area contributed by atoms with Crippen molar-refractivity contribution in [2.45, 2.75) is 45.3 Å². The fourth-order valence-corrected chi connectivity index (χ4v) is 1.36. The Balaban J connectivity index is 3.31. The summed E-state index contributed by atoms with van der Waals surface area (Å²) in [4.78, 5) is 0. The van der Waals surface area contributed by atoms with Crippen LogP contribution in [0, 0.1) is 5.92 Å². The predicted molar refractivity (Wildman–Crippen MR) is 53.5 cm³/mol. The largest absolute Gasteiger partial charge is 0.411 e. The summed E-state index contributed by atoms with van der Waals surface area (Å²) in [6.07, 6.45) is -2.01. The Morgan fingerprint density at radius 2 is 1.87 bits per heavy atom. The van der Waals surface area contributed by atoms with Crippen molar-refractivity contribution < 1.29 is 17.9 Å². The van der Waals surface area contributed by atoms with Gasteiger partial charge in [0.15, 0.2) is 0 Å². The Hall–Kier alpha value is -0.290. The van der Waals surface area contributed by atoms with Crippen LogP contribution in [0.15, 0.2) is 0 Å². The highest BCUT2D eigenvalue weighted by molar-refractivity contribution is 4.63. The van der Waals surface area contributed by atoms with Crippen molar-refractivity contribution in [3.63, 3.8) is 0 Å². The molecule has 0 amide bonds. The average Bonchev–Trinajstić information content (AvgIpc) is 1.99. The number of rotatable bonds is 7. The number of nitrogens with two attached hydrogens (primary N) is 1. The van der Waals surface area contributed by atoms with Crippen molar-refractivity contribution in [2.75, 3.05) is 13.2 Å². The number of halogens is 3. The van der Waals surface area contributed by atoms with Crippen molar-refractivity contribution in [1.29, 1.82) is 0 Å². The number of hydrogen-bond acceptors (Lipinski definition) is 2. The fourth-order valence-electron chi connectivity index (χ4n) is 1.36. The maximum absolute atomic E-state index is 11.7. The molecule has 0 aromatic rings. The highest BCUT2D eigenvalue weighted by Crippen LogP contribution is 2.15. The molecule has 2 nitrogen and oxygen atoms in total. The summed E-state index contributed by atoms with van der Waals surface area (Å²) in [5.41, 5.74) is 5.76. The number of ether oxygens (including phenoxy) is 1. The van der Waals surface area contributed by atoms with Crippen molar-refractivity contribution in [3.05, 3.63) is 0 Å². The van der Waals surface area contributed by atoms with Crippen LogP contribution in [0.5, 0.6) is 0 Å². The minimum absolute atomic E-state index is 0.0690. The maximum atomic E-state index is 11.7. The van der Waals surface area contributed by atoms with Crippen LogP contribution in [0.2, 0.25) is 0 Å². The van der Waals surface area contributed by atoms with E-state index >= 15 is 0 Å². The molecule has 5 heteroatoms. The van der Waals surface area contributed by atoms with E-state index in [9.17, 15) is 13.2 Å². The van der Waals surface area contributed by atoms with E-state index in [1.165, 1.54) is 0 Å². The minimum Gasteiger partial charge on any atom is -0.372 e. The summed E-state index contributed by atoms with van der Waals surface area (Å²) in [5, 5.41) is 0. The topological polar surface area (TPSA) is 35.2 Å². The third-order valence-corrected chi connectivity index (χ3v) is 1.90. The van der Waals surface area contributed by atoms with E-state index in [4.69, 9.17) is 5.73 Å². The molecule has 0 aliphatic carbocycles. The van der Waals surface area contributed by atoms with Crippen molar-refractivity contribution in [2.24, 2.45) is 11.7 Å². The van der Waals surface area contributed by atoms with Gasteiger partial charge < -0.3 is 10.5 Å². The molecule has 0 spiro atoms. The van der Waals surface area contributed by atoms with Gasteiger partial charge in [0.2, 0.25) is 0 Å². The normalized spacial score (nSPS) is 14.6. The van der Waals surface area contributed by atoms with E-state index in [0.29, 0.717) is 12.3 Å². The number of hydrogen-bond donors (Lipinski definition) is 1. The van der Waals surface area contributed by atoms with E-state index in [2.05, 4.69) is 18.6 Å². The molecule has 0 aliphatic rings. The van der Waals surface area contributed by atoms with Crippen LogP contribution < -0.4 is 5.73 Å². The van der Waals surface area contributed by atoms with E-state index in [1.807, 2.05) is 0 Å². The molecule has 0 radical (unpaired) electrons. The summed E-state index contributed by atoms with van der Waals surface area (Å²) in [5.74, 6) is 0.524. The molecule has 0 fully saturated rings. The van der Waals surface area contributed by atoms with Crippen molar-refractivity contribution >= 4 is 0 Å². The molecule has 0 saturated heterocycles. The van der Waals surface area contributed by atoms with Gasteiger partial charge in [-0.1, -0.05) is 13.8 Å². The first-order valence-corrected chi connectivity index (χ1v) is 5.21. The first-order chi connectivity index (χ1) is 6.81. The van der Waals surface area contributed by atoms with Gasteiger partial charge in [0.05, 0.1) is 0 Å². The summed E-state index contributed by atoms with van der Waals surface area (Å²) in [7, 11) is 0. The molecule has 0 aromatic heterocycles. The maximum Gasteiger partial charge on any atom is 0.411 e. The standard InChI is InChI=1S/C10H20F3NO/c1-8(2)6-9(14)4-3-5-15-7-10(11,12)13/h8-9H,3-7,14H2,1-2H3. The molecular weight excluding hydrogens is 207 g/mol. The Kier molecular flexibility index (Phi) is 6.92. The summed E-state index contributed by atoms with van der Waals surface area (Å²) >= 11 is 0. The molecule has 15 heavy (non-hydrogen) atoms.